The van der Waals surface area contributed by atoms with E-state index in [4.69, 9.17) is 4.74 Å². The maximum atomic E-state index is 12.7. The molecule has 0 radical (unpaired) electrons. The van der Waals surface area contributed by atoms with E-state index in [9.17, 15) is 4.79 Å². The number of Topliss-reactive ketones (excluding diaryl/α,β-unsaturated/α-hetero) is 1. The summed E-state index contributed by atoms with van der Waals surface area (Å²) < 4.78 is 5.92. The highest BCUT2D eigenvalue weighted by atomic mass is 16.5. The van der Waals surface area contributed by atoms with E-state index in [1.807, 2.05) is 6.92 Å². The summed E-state index contributed by atoms with van der Waals surface area (Å²) >= 11 is 0. The molecule has 0 aromatic rings. The Labute approximate surface area is 111 Å². The number of rotatable bonds is 5. The highest BCUT2D eigenvalue weighted by Crippen LogP contribution is 2.36. The van der Waals surface area contributed by atoms with Crippen molar-refractivity contribution < 1.29 is 9.53 Å². The first-order valence-electron chi connectivity index (χ1n) is 7.94. The monoisotopic (exact) mass is 252 g/mol. The van der Waals surface area contributed by atoms with Gasteiger partial charge in [0.25, 0.3) is 0 Å². The zero-order chi connectivity index (χ0) is 12.8. The van der Waals surface area contributed by atoms with Crippen molar-refractivity contribution in [2.45, 2.75) is 83.2 Å². The van der Waals surface area contributed by atoms with Gasteiger partial charge in [0.1, 0.15) is 5.60 Å². The van der Waals surface area contributed by atoms with Crippen molar-refractivity contribution in [3.63, 3.8) is 0 Å². The minimum Gasteiger partial charge on any atom is -0.368 e. The first kappa shape index (κ1) is 14.0. The Morgan fingerprint density at radius 2 is 1.67 bits per heavy atom. The molecular weight excluding hydrogens is 224 g/mol. The second-order valence-electron chi connectivity index (χ2n) is 6.12. The molecule has 2 nitrogen and oxygen atoms in total. The van der Waals surface area contributed by atoms with Crippen molar-refractivity contribution >= 4 is 5.78 Å². The van der Waals surface area contributed by atoms with E-state index >= 15 is 0 Å². The second-order valence-corrected chi connectivity index (χ2v) is 6.12. The summed E-state index contributed by atoms with van der Waals surface area (Å²) in [6, 6.07) is 0. The van der Waals surface area contributed by atoms with E-state index in [2.05, 4.69) is 0 Å². The molecule has 0 aromatic carbocycles. The van der Waals surface area contributed by atoms with Crippen molar-refractivity contribution in [3.05, 3.63) is 0 Å². The number of carbonyl (C=O) groups excluding carboxylic acids is 1. The highest BCUT2D eigenvalue weighted by Gasteiger charge is 2.40. The van der Waals surface area contributed by atoms with Crippen LogP contribution in [0.2, 0.25) is 0 Å². The summed E-state index contributed by atoms with van der Waals surface area (Å²) in [7, 11) is 0. The Morgan fingerprint density at radius 3 is 2.28 bits per heavy atom. The number of hydrogen-bond donors (Lipinski definition) is 0. The number of carbonyl (C=O) groups is 1. The third kappa shape index (κ3) is 3.34. The highest BCUT2D eigenvalue weighted by molar-refractivity contribution is 5.87. The van der Waals surface area contributed by atoms with Crippen molar-refractivity contribution in [1.29, 1.82) is 0 Å². The van der Waals surface area contributed by atoms with Gasteiger partial charge >= 0.3 is 0 Å². The molecule has 0 unspecified atom stereocenters. The van der Waals surface area contributed by atoms with Crippen LogP contribution in [0.4, 0.5) is 0 Å². The van der Waals surface area contributed by atoms with Crippen molar-refractivity contribution in [2.75, 3.05) is 6.61 Å². The van der Waals surface area contributed by atoms with E-state index in [0.29, 0.717) is 18.3 Å². The lowest BCUT2D eigenvalue weighted by Gasteiger charge is -2.37. The Balaban J connectivity index is 1.94. The van der Waals surface area contributed by atoms with Crippen LogP contribution < -0.4 is 0 Å². The van der Waals surface area contributed by atoms with Crippen LogP contribution in [0.15, 0.2) is 0 Å². The predicted octanol–water partition coefficient (Wildman–Crippen LogP) is 4.27. The zero-order valence-corrected chi connectivity index (χ0v) is 11.9. The molecule has 0 bridgehead atoms. The van der Waals surface area contributed by atoms with E-state index in [-0.39, 0.29) is 0 Å². The molecular formula is C16H28O2. The first-order chi connectivity index (χ1) is 8.77. The van der Waals surface area contributed by atoms with Crippen LogP contribution in [0.1, 0.15) is 77.6 Å². The topological polar surface area (TPSA) is 26.3 Å². The van der Waals surface area contributed by atoms with Crippen LogP contribution in [-0.2, 0) is 9.53 Å². The van der Waals surface area contributed by atoms with Gasteiger partial charge in [0, 0.05) is 13.0 Å². The third-order valence-electron chi connectivity index (χ3n) is 4.79. The number of ether oxygens (including phenoxy) is 1. The van der Waals surface area contributed by atoms with E-state index in [0.717, 1.165) is 32.1 Å². The summed E-state index contributed by atoms with van der Waals surface area (Å²) in [5, 5.41) is 0. The van der Waals surface area contributed by atoms with Crippen LogP contribution in [0.25, 0.3) is 0 Å². The molecule has 0 amide bonds. The lowest BCUT2D eigenvalue weighted by molar-refractivity contribution is -0.150. The predicted molar refractivity (Wildman–Crippen MR) is 73.6 cm³/mol. The maximum Gasteiger partial charge on any atom is 0.164 e. The van der Waals surface area contributed by atoms with E-state index in [1.54, 1.807) is 0 Å². The van der Waals surface area contributed by atoms with Crippen molar-refractivity contribution in [2.24, 2.45) is 5.92 Å². The van der Waals surface area contributed by atoms with Gasteiger partial charge in [0.2, 0.25) is 0 Å². The second kappa shape index (κ2) is 6.70. The molecule has 2 aliphatic rings. The molecule has 18 heavy (non-hydrogen) atoms. The molecule has 2 rings (SSSR count). The third-order valence-corrected chi connectivity index (χ3v) is 4.79. The van der Waals surface area contributed by atoms with E-state index in [1.165, 1.54) is 38.5 Å². The fraction of sp³-hybridized carbons (Fsp3) is 0.938. The molecule has 0 aromatic heterocycles. The minimum absolute atomic E-state index is 0.398. The van der Waals surface area contributed by atoms with Crippen LogP contribution in [-0.4, -0.2) is 18.0 Å². The molecule has 0 atom stereocenters. The summed E-state index contributed by atoms with van der Waals surface area (Å²) in [6.45, 7) is 2.70. The average molecular weight is 252 g/mol. The average Bonchev–Trinajstić information content (AvgIpc) is 2.41. The van der Waals surface area contributed by atoms with Crippen molar-refractivity contribution in [3.8, 4) is 0 Å². The van der Waals surface area contributed by atoms with Gasteiger partial charge in [-0.2, -0.15) is 0 Å². The van der Waals surface area contributed by atoms with Gasteiger partial charge in [-0.15, -0.1) is 0 Å². The molecule has 2 heteroatoms. The minimum atomic E-state index is -0.398. The molecule has 0 aliphatic heterocycles. The maximum absolute atomic E-state index is 12.7. The normalized spacial score (nSPS) is 24.9. The van der Waals surface area contributed by atoms with Gasteiger partial charge in [0.05, 0.1) is 0 Å². The summed E-state index contributed by atoms with van der Waals surface area (Å²) in [5.74, 6) is 1.06. The molecule has 104 valence electrons. The smallest absolute Gasteiger partial charge is 0.164 e. The van der Waals surface area contributed by atoms with Crippen LogP contribution in [0.5, 0.6) is 0 Å². The fourth-order valence-electron chi connectivity index (χ4n) is 3.74. The number of ketones is 1. The summed E-state index contributed by atoms with van der Waals surface area (Å²) in [5.41, 5.74) is -0.398. The first-order valence-corrected chi connectivity index (χ1v) is 7.94. The van der Waals surface area contributed by atoms with Crippen LogP contribution >= 0.6 is 0 Å². The Hall–Kier alpha value is -0.370. The molecule has 2 saturated carbocycles. The summed E-state index contributed by atoms with van der Waals surface area (Å²) in [4.78, 5) is 12.7. The Kier molecular flexibility index (Phi) is 5.23. The zero-order valence-electron chi connectivity index (χ0n) is 11.9. The molecule has 2 fully saturated rings. The fourth-order valence-corrected chi connectivity index (χ4v) is 3.74. The van der Waals surface area contributed by atoms with Crippen LogP contribution in [0.3, 0.4) is 0 Å². The molecule has 0 spiro atoms. The Morgan fingerprint density at radius 1 is 1.06 bits per heavy atom. The van der Waals surface area contributed by atoms with Crippen molar-refractivity contribution in [1.82, 2.24) is 0 Å². The van der Waals surface area contributed by atoms with E-state index < -0.39 is 5.60 Å². The largest absolute Gasteiger partial charge is 0.368 e. The van der Waals surface area contributed by atoms with Gasteiger partial charge < -0.3 is 4.74 Å². The van der Waals surface area contributed by atoms with Gasteiger partial charge in [0.15, 0.2) is 5.78 Å². The number of hydrogen-bond acceptors (Lipinski definition) is 2. The SMILES string of the molecule is CCOC1(C(=O)CC2CCCCC2)CCCCC1. The molecule has 0 N–H and O–H groups in total. The van der Waals surface area contributed by atoms with Gasteiger partial charge in [-0.05, 0) is 25.7 Å². The molecule has 0 heterocycles. The van der Waals surface area contributed by atoms with Crippen LogP contribution in [0, 0.1) is 5.92 Å². The molecule has 0 saturated heterocycles. The summed E-state index contributed by atoms with van der Waals surface area (Å²) in [6.07, 6.45) is 12.8. The van der Waals surface area contributed by atoms with Gasteiger partial charge in [-0.1, -0.05) is 51.4 Å². The Bertz CT molecular complexity index is 255. The lowest BCUT2D eigenvalue weighted by atomic mass is 9.76. The van der Waals surface area contributed by atoms with Gasteiger partial charge in [-0.25, -0.2) is 0 Å². The van der Waals surface area contributed by atoms with Gasteiger partial charge in [-0.3, -0.25) is 4.79 Å². The standard InChI is InChI=1S/C16H28O2/c1-2-18-16(11-7-4-8-12-16)15(17)13-14-9-5-3-6-10-14/h14H,2-13H2,1H3. The molecule has 2 aliphatic carbocycles. The quantitative estimate of drug-likeness (QED) is 0.730. The lowest BCUT2D eigenvalue weighted by Crippen LogP contribution is -2.44.